The molecule has 1 N–H and O–H groups in total. The van der Waals surface area contributed by atoms with Crippen molar-refractivity contribution in [1.29, 1.82) is 0 Å². The molecule has 2 unspecified atom stereocenters. The molecule has 25 heavy (non-hydrogen) atoms. The lowest BCUT2D eigenvalue weighted by molar-refractivity contribution is -0.122. The van der Waals surface area contributed by atoms with E-state index in [0.29, 0.717) is 0 Å². The number of amides is 1. The van der Waals surface area contributed by atoms with Crippen LogP contribution in [0.1, 0.15) is 57.1 Å². The topological polar surface area (TPSA) is 59.8 Å². The molecule has 3 aromatic rings. The van der Waals surface area contributed by atoms with Crippen LogP contribution in [0.25, 0.3) is 11.0 Å². The Morgan fingerprint density at radius 1 is 1.04 bits per heavy atom. The van der Waals surface area contributed by atoms with Gasteiger partial charge in [-0.25, -0.2) is 4.98 Å². The molecular weight excluding hydrogens is 312 g/mol. The fourth-order valence-corrected chi connectivity index (χ4v) is 3.12. The summed E-state index contributed by atoms with van der Waals surface area (Å²) in [5, 5.41) is 3.11. The van der Waals surface area contributed by atoms with E-state index in [1.807, 2.05) is 44.2 Å². The first-order chi connectivity index (χ1) is 12.0. The molecule has 0 radical (unpaired) electrons. The molecule has 2 aromatic heterocycles. The molecule has 2 heterocycles. The fraction of sp³-hybridized carbons (Fsp3) is 0.350. The molecule has 0 aliphatic carbocycles. The van der Waals surface area contributed by atoms with Crippen molar-refractivity contribution in [3.8, 4) is 0 Å². The van der Waals surface area contributed by atoms with Gasteiger partial charge in [-0.1, -0.05) is 12.1 Å². The van der Waals surface area contributed by atoms with Crippen LogP contribution >= 0.6 is 0 Å². The number of hydrogen-bond donors (Lipinski definition) is 1. The summed E-state index contributed by atoms with van der Waals surface area (Å²) < 4.78 is 2.19. The zero-order valence-electron chi connectivity index (χ0n) is 15.1. The van der Waals surface area contributed by atoms with Gasteiger partial charge in [-0.2, -0.15) is 0 Å². The largest absolute Gasteiger partial charge is 0.346 e. The normalized spacial score (nSPS) is 13.8. The maximum atomic E-state index is 12.7. The van der Waals surface area contributed by atoms with Gasteiger partial charge in [0.15, 0.2) is 0 Å². The Morgan fingerprint density at radius 3 is 2.40 bits per heavy atom. The van der Waals surface area contributed by atoms with Gasteiger partial charge in [0.1, 0.15) is 5.82 Å². The molecule has 0 spiro atoms. The first kappa shape index (κ1) is 17.1. The molecular formula is C20H24N4O. The van der Waals surface area contributed by atoms with Crippen molar-refractivity contribution in [3.05, 3.63) is 60.2 Å². The quantitative estimate of drug-likeness (QED) is 0.766. The number of hydrogen-bond acceptors (Lipinski definition) is 3. The number of carbonyl (C=O) groups excluding carboxylic acids is 1. The average Bonchev–Trinajstić information content (AvgIpc) is 3.01. The predicted octanol–water partition coefficient (Wildman–Crippen LogP) is 3.99. The standard InChI is InChI=1S/C20H24N4O/c1-13(2)24-18-8-6-5-7-17(18)23-19(24)15(4)22-20(25)14(3)16-9-11-21-12-10-16/h5-15H,1-4H3,(H,22,25). The molecule has 5 heteroatoms. The molecule has 0 bridgehead atoms. The number of nitrogens with one attached hydrogen (secondary N) is 1. The van der Waals surface area contributed by atoms with Crippen molar-refractivity contribution in [2.45, 2.75) is 45.7 Å². The van der Waals surface area contributed by atoms with Crippen LogP contribution < -0.4 is 5.32 Å². The fourth-order valence-electron chi connectivity index (χ4n) is 3.12. The third-order valence-electron chi connectivity index (χ3n) is 4.48. The van der Waals surface area contributed by atoms with Crippen molar-refractivity contribution >= 4 is 16.9 Å². The molecule has 0 aliphatic rings. The van der Waals surface area contributed by atoms with Crippen LogP contribution in [0.4, 0.5) is 0 Å². The Balaban J connectivity index is 1.86. The summed E-state index contributed by atoms with van der Waals surface area (Å²) in [6.07, 6.45) is 3.42. The molecule has 0 saturated heterocycles. The molecule has 0 fully saturated rings. The van der Waals surface area contributed by atoms with Crippen LogP contribution in [-0.4, -0.2) is 20.4 Å². The predicted molar refractivity (Wildman–Crippen MR) is 99.3 cm³/mol. The number of aromatic nitrogens is 3. The van der Waals surface area contributed by atoms with Gasteiger partial charge in [0, 0.05) is 18.4 Å². The van der Waals surface area contributed by atoms with Gasteiger partial charge in [-0.15, -0.1) is 0 Å². The van der Waals surface area contributed by atoms with Crippen LogP contribution in [0, 0.1) is 0 Å². The van der Waals surface area contributed by atoms with Gasteiger partial charge in [0.25, 0.3) is 0 Å². The highest BCUT2D eigenvalue weighted by Gasteiger charge is 2.22. The van der Waals surface area contributed by atoms with Crippen molar-refractivity contribution in [2.75, 3.05) is 0 Å². The van der Waals surface area contributed by atoms with E-state index >= 15 is 0 Å². The van der Waals surface area contributed by atoms with Crippen LogP contribution in [0.5, 0.6) is 0 Å². The van der Waals surface area contributed by atoms with Gasteiger partial charge in [-0.3, -0.25) is 9.78 Å². The first-order valence-electron chi connectivity index (χ1n) is 8.66. The highest BCUT2D eigenvalue weighted by molar-refractivity contribution is 5.83. The summed E-state index contributed by atoms with van der Waals surface area (Å²) in [7, 11) is 0. The Morgan fingerprint density at radius 2 is 1.72 bits per heavy atom. The van der Waals surface area contributed by atoms with Crippen molar-refractivity contribution in [3.63, 3.8) is 0 Å². The molecule has 130 valence electrons. The highest BCUT2D eigenvalue weighted by Crippen LogP contribution is 2.25. The number of carbonyl (C=O) groups is 1. The van der Waals surface area contributed by atoms with E-state index in [9.17, 15) is 4.79 Å². The summed E-state index contributed by atoms with van der Waals surface area (Å²) >= 11 is 0. The number of benzene rings is 1. The zero-order valence-corrected chi connectivity index (χ0v) is 15.1. The van der Waals surface area contributed by atoms with E-state index in [2.05, 4.69) is 34.8 Å². The van der Waals surface area contributed by atoms with Gasteiger partial charge >= 0.3 is 0 Å². The molecule has 2 atom stereocenters. The van der Waals surface area contributed by atoms with E-state index in [4.69, 9.17) is 4.98 Å². The van der Waals surface area contributed by atoms with Crippen LogP contribution in [0.3, 0.4) is 0 Å². The second-order valence-electron chi connectivity index (χ2n) is 6.65. The Bertz CT molecular complexity index is 870. The molecule has 1 amide bonds. The maximum Gasteiger partial charge on any atom is 0.227 e. The molecule has 0 aliphatic heterocycles. The van der Waals surface area contributed by atoms with Crippen LogP contribution in [-0.2, 0) is 4.79 Å². The summed E-state index contributed by atoms with van der Waals surface area (Å²) in [5.74, 6) is 0.634. The minimum absolute atomic E-state index is 0.0129. The Hall–Kier alpha value is -2.69. The van der Waals surface area contributed by atoms with Crippen LogP contribution in [0.15, 0.2) is 48.8 Å². The minimum atomic E-state index is -0.234. The minimum Gasteiger partial charge on any atom is -0.346 e. The van der Waals surface area contributed by atoms with E-state index in [1.54, 1.807) is 12.4 Å². The smallest absolute Gasteiger partial charge is 0.227 e. The van der Waals surface area contributed by atoms with Crippen molar-refractivity contribution in [1.82, 2.24) is 19.9 Å². The van der Waals surface area contributed by atoms with E-state index in [-0.39, 0.29) is 23.9 Å². The third kappa shape index (κ3) is 3.40. The molecule has 3 rings (SSSR count). The SMILES string of the molecule is CC(NC(=O)C(C)c1ccncc1)c1nc2ccccc2n1C(C)C. The summed E-state index contributed by atoms with van der Waals surface area (Å²) in [5.41, 5.74) is 3.00. The van der Waals surface area contributed by atoms with E-state index in [0.717, 1.165) is 22.4 Å². The van der Waals surface area contributed by atoms with E-state index < -0.39 is 0 Å². The Labute approximate surface area is 148 Å². The molecule has 1 aromatic carbocycles. The first-order valence-corrected chi connectivity index (χ1v) is 8.66. The van der Waals surface area contributed by atoms with E-state index in [1.165, 1.54) is 0 Å². The third-order valence-corrected chi connectivity index (χ3v) is 4.48. The van der Waals surface area contributed by atoms with Gasteiger partial charge in [0.2, 0.25) is 5.91 Å². The maximum absolute atomic E-state index is 12.7. The van der Waals surface area contributed by atoms with Crippen molar-refractivity contribution < 1.29 is 4.79 Å². The monoisotopic (exact) mass is 336 g/mol. The molecule has 5 nitrogen and oxygen atoms in total. The Kier molecular flexibility index (Phi) is 4.83. The zero-order chi connectivity index (χ0) is 18.0. The lowest BCUT2D eigenvalue weighted by Crippen LogP contribution is -2.32. The summed E-state index contributed by atoms with van der Waals surface area (Å²) in [6.45, 7) is 8.15. The number of para-hydroxylation sites is 2. The second-order valence-corrected chi connectivity index (χ2v) is 6.65. The summed E-state index contributed by atoms with van der Waals surface area (Å²) in [6, 6.07) is 11.9. The van der Waals surface area contributed by atoms with Crippen molar-refractivity contribution in [2.24, 2.45) is 0 Å². The number of pyridine rings is 1. The van der Waals surface area contributed by atoms with Gasteiger partial charge in [0.05, 0.1) is 23.0 Å². The molecule has 0 saturated carbocycles. The number of imidazole rings is 1. The summed E-state index contributed by atoms with van der Waals surface area (Å²) in [4.78, 5) is 21.4. The van der Waals surface area contributed by atoms with Gasteiger partial charge < -0.3 is 9.88 Å². The number of fused-ring (bicyclic) bond motifs is 1. The average molecular weight is 336 g/mol. The number of rotatable bonds is 5. The van der Waals surface area contributed by atoms with Crippen LogP contribution in [0.2, 0.25) is 0 Å². The van der Waals surface area contributed by atoms with Gasteiger partial charge in [-0.05, 0) is 57.5 Å². The number of nitrogens with zero attached hydrogens (tertiary/aromatic N) is 3. The highest BCUT2D eigenvalue weighted by atomic mass is 16.1. The lowest BCUT2D eigenvalue weighted by atomic mass is 10.0. The second kappa shape index (κ2) is 7.05. The lowest BCUT2D eigenvalue weighted by Gasteiger charge is -2.20.